The minimum atomic E-state index is -3.38. The molecule has 0 aliphatic heterocycles. The summed E-state index contributed by atoms with van der Waals surface area (Å²) in [6.45, 7) is -0.364. The topological polar surface area (TPSA) is 107 Å². The van der Waals surface area contributed by atoms with Crippen LogP contribution in [0.5, 0.6) is 0 Å². The summed E-state index contributed by atoms with van der Waals surface area (Å²) in [4.78, 5) is 36.6. The van der Waals surface area contributed by atoms with Gasteiger partial charge in [0.05, 0.1) is 12.2 Å². The van der Waals surface area contributed by atoms with E-state index in [-0.39, 0.29) is 35.9 Å². The van der Waals surface area contributed by atoms with Gasteiger partial charge in [0.2, 0.25) is 10.0 Å². The lowest BCUT2D eigenvalue weighted by Crippen LogP contribution is -2.39. The molecule has 0 spiro atoms. The van der Waals surface area contributed by atoms with E-state index in [4.69, 9.17) is 4.74 Å². The van der Waals surface area contributed by atoms with E-state index < -0.39 is 16.0 Å². The lowest BCUT2D eigenvalue weighted by Gasteiger charge is -2.36. The Morgan fingerprint density at radius 1 is 1.11 bits per heavy atom. The first kappa shape index (κ1) is 19.5. The van der Waals surface area contributed by atoms with Gasteiger partial charge in [-0.05, 0) is 49.9 Å². The summed E-state index contributed by atoms with van der Waals surface area (Å²) < 4.78 is 29.9. The number of carbonyl (C=O) groups is 3. The molecule has 0 saturated heterocycles. The first-order chi connectivity index (χ1) is 12.7. The molecule has 2 fully saturated rings. The fraction of sp³-hybridized carbons (Fsp3) is 0.526. The van der Waals surface area contributed by atoms with E-state index in [1.807, 2.05) is 0 Å². The molecule has 8 heteroatoms. The van der Waals surface area contributed by atoms with Gasteiger partial charge in [0.25, 0.3) is 0 Å². The third kappa shape index (κ3) is 4.94. The number of hydrogen-bond acceptors (Lipinski definition) is 6. The predicted molar refractivity (Wildman–Crippen MR) is 98.8 cm³/mol. The maximum atomic E-state index is 12.3. The minimum absolute atomic E-state index is 0.0411. The van der Waals surface area contributed by atoms with Crippen LogP contribution >= 0.6 is 0 Å². The maximum Gasteiger partial charge on any atom is 0.309 e. The number of hydrogen-bond donors (Lipinski definition) is 1. The smallest absolute Gasteiger partial charge is 0.309 e. The number of ketones is 2. The molecule has 3 rings (SSSR count). The van der Waals surface area contributed by atoms with E-state index in [1.54, 1.807) is 0 Å². The van der Waals surface area contributed by atoms with Crippen LogP contribution in [-0.2, 0) is 24.3 Å². The second-order valence-electron chi connectivity index (χ2n) is 7.38. The zero-order chi connectivity index (χ0) is 19.6. The molecule has 27 heavy (non-hydrogen) atoms. The highest BCUT2D eigenvalue weighted by molar-refractivity contribution is 7.92. The van der Waals surface area contributed by atoms with Gasteiger partial charge >= 0.3 is 5.97 Å². The van der Waals surface area contributed by atoms with Gasteiger partial charge < -0.3 is 4.74 Å². The van der Waals surface area contributed by atoms with Crippen LogP contribution in [0.4, 0.5) is 5.69 Å². The minimum Gasteiger partial charge on any atom is -0.457 e. The molecule has 7 nitrogen and oxygen atoms in total. The van der Waals surface area contributed by atoms with E-state index >= 15 is 0 Å². The van der Waals surface area contributed by atoms with E-state index in [9.17, 15) is 22.8 Å². The number of anilines is 1. The average molecular weight is 393 g/mol. The fourth-order valence-corrected chi connectivity index (χ4v) is 4.51. The first-order valence-corrected chi connectivity index (χ1v) is 10.9. The molecule has 2 atom stereocenters. The molecule has 1 N–H and O–H groups in total. The summed E-state index contributed by atoms with van der Waals surface area (Å²) in [7, 11) is -3.38. The highest BCUT2D eigenvalue weighted by Gasteiger charge is 2.41. The standard InChI is InChI=1S/C19H23NO6S/c1-27(24,25)20-16-7-5-12(6-8-16)17(21)11-26-19(23)15-9-13-3-2-4-14(10-15)18(13)22/h5-8,13-15,20H,2-4,9-11H2,1H3/t13-,14-/m1/s1. The van der Waals surface area contributed by atoms with Crippen LogP contribution in [0.15, 0.2) is 24.3 Å². The molecule has 1 aromatic carbocycles. The summed E-state index contributed by atoms with van der Waals surface area (Å²) in [6.07, 6.45) is 4.80. The Balaban J connectivity index is 1.53. The summed E-state index contributed by atoms with van der Waals surface area (Å²) in [5, 5.41) is 0. The van der Waals surface area contributed by atoms with Gasteiger partial charge in [0.15, 0.2) is 12.4 Å². The van der Waals surface area contributed by atoms with Crippen LogP contribution in [0.3, 0.4) is 0 Å². The number of nitrogens with one attached hydrogen (secondary N) is 1. The monoisotopic (exact) mass is 393 g/mol. The predicted octanol–water partition coefficient (Wildman–Crippen LogP) is 2.18. The molecule has 0 aromatic heterocycles. The molecule has 146 valence electrons. The number of Topliss-reactive ketones (excluding diaryl/α,β-unsaturated/α-hetero) is 2. The fourth-order valence-electron chi connectivity index (χ4n) is 3.95. The van der Waals surface area contributed by atoms with Crippen molar-refractivity contribution in [1.29, 1.82) is 0 Å². The van der Waals surface area contributed by atoms with Crippen molar-refractivity contribution >= 4 is 33.2 Å². The van der Waals surface area contributed by atoms with Gasteiger partial charge in [0, 0.05) is 23.1 Å². The van der Waals surface area contributed by atoms with Crippen LogP contribution in [0.1, 0.15) is 42.5 Å². The molecule has 0 heterocycles. The maximum absolute atomic E-state index is 12.3. The largest absolute Gasteiger partial charge is 0.457 e. The van der Waals surface area contributed by atoms with Gasteiger partial charge in [0.1, 0.15) is 5.78 Å². The van der Waals surface area contributed by atoms with Crippen molar-refractivity contribution in [2.75, 3.05) is 17.6 Å². The molecular formula is C19H23NO6S. The average Bonchev–Trinajstić information content (AvgIpc) is 2.58. The first-order valence-electron chi connectivity index (χ1n) is 9.04. The van der Waals surface area contributed by atoms with E-state index in [1.165, 1.54) is 24.3 Å². The highest BCUT2D eigenvalue weighted by atomic mass is 32.2. The Morgan fingerprint density at radius 2 is 1.70 bits per heavy atom. The molecule has 2 bridgehead atoms. The van der Waals surface area contributed by atoms with Gasteiger partial charge in [-0.1, -0.05) is 6.42 Å². The summed E-state index contributed by atoms with van der Waals surface area (Å²) in [5.41, 5.74) is 0.682. The summed E-state index contributed by atoms with van der Waals surface area (Å²) in [5.74, 6) is -0.887. The Morgan fingerprint density at radius 3 is 2.26 bits per heavy atom. The second-order valence-corrected chi connectivity index (χ2v) is 9.13. The molecular weight excluding hydrogens is 370 g/mol. The summed E-state index contributed by atoms with van der Waals surface area (Å²) >= 11 is 0. The number of benzene rings is 1. The number of sulfonamides is 1. The Bertz CT molecular complexity index is 829. The lowest BCUT2D eigenvalue weighted by molar-refractivity contribution is -0.152. The van der Waals surface area contributed by atoms with Crippen molar-refractivity contribution in [3.63, 3.8) is 0 Å². The Labute approximate surface area is 158 Å². The van der Waals surface area contributed by atoms with Crippen LogP contribution in [0.25, 0.3) is 0 Å². The van der Waals surface area contributed by atoms with Gasteiger partial charge in [-0.25, -0.2) is 8.42 Å². The van der Waals surface area contributed by atoms with Crippen LogP contribution in [-0.4, -0.2) is 38.8 Å². The second kappa shape index (κ2) is 7.80. The number of rotatable bonds is 6. The molecule has 0 radical (unpaired) electrons. The normalized spacial score (nSPS) is 24.9. The number of esters is 1. The van der Waals surface area contributed by atoms with Crippen molar-refractivity contribution in [2.24, 2.45) is 17.8 Å². The van der Waals surface area contributed by atoms with Crippen molar-refractivity contribution in [1.82, 2.24) is 0 Å². The van der Waals surface area contributed by atoms with E-state index in [0.717, 1.165) is 25.5 Å². The molecule has 2 saturated carbocycles. The summed E-state index contributed by atoms with van der Waals surface area (Å²) in [6, 6.07) is 5.91. The molecule has 0 unspecified atom stereocenters. The van der Waals surface area contributed by atoms with Gasteiger partial charge in [-0.2, -0.15) is 0 Å². The third-order valence-electron chi connectivity index (χ3n) is 5.24. The zero-order valence-electron chi connectivity index (χ0n) is 15.1. The van der Waals surface area contributed by atoms with Gasteiger partial charge in [-0.15, -0.1) is 0 Å². The van der Waals surface area contributed by atoms with E-state index in [0.29, 0.717) is 24.1 Å². The van der Waals surface area contributed by atoms with Crippen molar-refractivity contribution in [3.05, 3.63) is 29.8 Å². The molecule has 2 aliphatic carbocycles. The van der Waals surface area contributed by atoms with Crippen molar-refractivity contribution in [2.45, 2.75) is 32.1 Å². The van der Waals surface area contributed by atoms with Crippen LogP contribution in [0, 0.1) is 17.8 Å². The molecule has 2 aliphatic rings. The Hall–Kier alpha value is -2.22. The number of carbonyl (C=O) groups excluding carboxylic acids is 3. The third-order valence-corrected chi connectivity index (χ3v) is 5.84. The zero-order valence-corrected chi connectivity index (χ0v) is 16.0. The van der Waals surface area contributed by atoms with Crippen LogP contribution in [0.2, 0.25) is 0 Å². The Kier molecular flexibility index (Phi) is 5.64. The lowest BCUT2D eigenvalue weighted by atomic mass is 9.67. The quantitative estimate of drug-likeness (QED) is 0.586. The van der Waals surface area contributed by atoms with E-state index in [2.05, 4.69) is 4.72 Å². The highest BCUT2D eigenvalue weighted by Crippen LogP contribution is 2.40. The SMILES string of the molecule is CS(=O)(=O)Nc1ccc(C(=O)COC(=O)C2C[C@H]3CCC[C@H](C2)C3=O)cc1. The number of fused-ring (bicyclic) bond motifs is 2. The van der Waals surface area contributed by atoms with Gasteiger partial charge in [-0.3, -0.25) is 19.1 Å². The molecule has 0 amide bonds. The molecule has 1 aromatic rings. The number of ether oxygens (including phenoxy) is 1. The van der Waals surface area contributed by atoms with Crippen molar-refractivity contribution in [3.8, 4) is 0 Å². The van der Waals surface area contributed by atoms with Crippen molar-refractivity contribution < 1.29 is 27.5 Å². The van der Waals surface area contributed by atoms with Crippen LogP contribution < -0.4 is 4.72 Å².